The molecule has 0 heterocycles. The zero-order valence-corrected chi connectivity index (χ0v) is 12.0. The van der Waals surface area contributed by atoms with Gasteiger partial charge in [0.05, 0.1) is 12.2 Å². The van der Waals surface area contributed by atoms with E-state index in [0.717, 1.165) is 32.5 Å². The maximum absolute atomic E-state index is 6.07. The molecule has 1 atom stereocenters. The van der Waals surface area contributed by atoms with E-state index in [1.807, 2.05) is 0 Å². The maximum atomic E-state index is 6.07. The predicted octanol–water partition coefficient (Wildman–Crippen LogP) is 3.41. The molecule has 102 valence electrons. The molecule has 2 nitrogen and oxygen atoms in total. The Hall–Kier alpha value is -0.860. The minimum absolute atomic E-state index is 0.0377. The molecule has 1 rings (SSSR count). The Balaban J connectivity index is 2.30. The van der Waals surface area contributed by atoms with Crippen molar-refractivity contribution < 1.29 is 4.74 Å². The Morgan fingerprint density at radius 2 is 1.89 bits per heavy atom. The summed E-state index contributed by atoms with van der Waals surface area (Å²) in [4.78, 5) is 0. The summed E-state index contributed by atoms with van der Waals surface area (Å²) in [5.41, 5.74) is 1.31. The largest absolute Gasteiger partial charge is 0.374 e. The Kier molecular flexibility index (Phi) is 6.99. The van der Waals surface area contributed by atoms with Crippen LogP contribution < -0.4 is 5.32 Å². The second-order valence-corrected chi connectivity index (χ2v) is 5.06. The first-order valence-electron chi connectivity index (χ1n) is 7.09. The molecule has 0 spiro atoms. The minimum Gasteiger partial charge on any atom is -0.374 e. The second-order valence-electron chi connectivity index (χ2n) is 5.06. The fourth-order valence-corrected chi connectivity index (χ4v) is 1.87. The van der Waals surface area contributed by atoms with E-state index in [1.165, 1.54) is 12.0 Å². The average molecular weight is 249 g/mol. The lowest BCUT2D eigenvalue weighted by molar-refractivity contribution is -0.0315. The second kappa shape index (κ2) is 8.28. The summed E-state index contributed by atoms with van der Waals surface area (Å²) in [6.45, 7) is 9.37. The zero-order chi connectivity index (χ0) is 13.3. The molecule has 0 aliphatic heterocycles. The summed E-state index contributed by atoms with van der Waals surface area (Å²) in [7, 11) is 0. The van der Waals surface area contributed by atoms with Gasteiger partial charge in [-0.05, 0) is 38.3 Å². The molecule has 18 heavy (non-hydrogen) atoms. The van der Waals surface area contributed by atoms with Crippen LogP contribution in [0, 0.1) is 0 Å². The number of hydrogen-bond acceptors (Lipinski definition) is 2. The van der Waals surface area contributed by atoms with Crippen molar-refractivity contribution in [3.8, 4) is 0 Å². The van der Waals surface area contributed by atoms with Crippen molar-refractivity contribution in [2.45, 2.75) is 45.6 Å². The fourth-order valence-electron chi connectivity index (χ4n) is 1.87. The highest BCUT2D eigenvalue weighted by Crippen LogP contribution is 2.14. The lowest BCUT2D eigenvalue weighted by Gasteiger charge is -2.29. The van der Waals surface area contributed by atoms with Gasteiger partial charge in [0.2, 0.25) is 0 Å². The number of rotatable bonds is 9. The summed E-state index contributed by atoms with van der Waals surface area (Å²) >= 11 is 0. The van der Waals surface area contributed by atoms with Crippen LogP contribution in [0.4, 0.5) is 0 Å². The molecule has 0 aromatic heterocycles. The molecule has 0 radical (unpaired) electrons. The molecule has 0 bridgehead atoms. The number of benzene rings is 1. The van der Waals surface area contributed by atoms with E-state index >= 15 is 0 Å². The van der Waals surface area contributed by atoms with Crippen LogP contribution in [0.15, 0.2) is 30.3 Å². The topological polar surface area (TPSA) is 21.3 Å². The van der Waals surface area contributed by atoms with Crippen LogP contribution in [0.5, 0.6) is 0 Å². The van der Waals surface area contributed by atoms with Crippen molar-refractivity contribution in [3.05, 3.63) is 35.9 Å². The van der Waals surface area contributed by atoms with Gasteiger partial charge in [-0.3, -0.25) is 0 Å². The standard InChI is InChI=1S/C16H27NO/c1-4-12-17-14-16(3,5-2)18-13-11-15-9-7-6-8-10-15/h6-10,17H,4-5,11-14H2,1-3H3. The van der Waals surface area contributed by atoms with Crippen LogP contribution in [0.1, 0.15) is 39.2 Å². The van der Waals surface area contributed by atoms with E-state index < -0.39 is 0 Å². The third kappa shape index (κ3) is 5.65. The summed E-state index contributed by atoms with van der Waals surface area (Å²) in [5.74, 6) is 0. The molecule has 0 aliphatic carbocycles. The summed E-state index contributed by atoms with van der Waals surface area (Å²) in [5, 5.41) is 3.45. The molecule has 0 aliphatic rings. The first kappa shape index (κ1) is 15.2. The molecular weight excluding hydrogens is 222 g/mol. The quantitative estimate of drug-likeness (QED) is 0.677. The van der Waals surface area contributed by atoms with Crippen molar-refractivity contribution >= 4 is 0 Å². The van der Waals surface area contributed by atoms with Gasteiger partial charge < -0.3 is 10.1 Å². The monoisotopic (exact) mass is 249 g/mol. The molecule has 0 amide bonds. The summed E-state index contributed by atoms with van der Waals surface area (Å²) in [6.07, 6.45) is 3.20. The van der Waals surface area contributed by atoms with Crippen LogP contribution in [0.25, 0.3) is 0 Å². The lowest BCUT2D eigenvalue weighted by atomic mass is 10.0. The Morgan fingerprint density at radius 1 is 1.17 bits per heavy atom. The van der Waals surface area contributed by atoms with Gasteiger partial charge in [-0.15, -0.1) is 0 Å². The number of hydrogen-bond donors (Lipinski definition) is 1. The van der Waals surface area contributed by atoms with Gasteiger partial charge >= 0.3 is 0 Å². The molecule has 2 heteroatoms. The molecule has 1 aromatic rings. The molecule has 1 aromatic carbocycles. The zero-order valence-electron chi connectivity index (χ0n) is 12.0. The first-order chi connectivity index (χ1) is 8.70. The fraction of sp³-hybridized carbons (Fsp3) is 0.625. The highest BCUT2D eigenvalue weighted by molar-refractivity contribution is 5.14. The molecule has 0 saturated heterocycles. The van der Waals surface area contributed by atoms with E-state index in [2.05, 4.69) is 56.4 Å². The maximum Gasteiger partial charge on any atom is 0.0775 e. The van der Waals surface area contributed by atoms with Gasteiger partial charge in [-0.25, -0.2) is 0 Å². The molecular formula is C16H27NO. The van der Waals surface area contributed by atoms with Crippen molar-refractivity contribution in [2.75, 3.05) is 19.7 Å². The SMILES string of the molecule is CCCNCC(C)(CC)OCCc1ccccc1. The highest BCUT2D eigenvalue weighted by Gasteiger charge is 2.21. The molecule has 1 N–H and O–H groups in total. The van der Waals surface area contributed by atoms with Gasteiger partial charge in [-0.1, -0.05) is 44.2 Å². The average Bonchev–Trinajstić information content (AvgIpc) is 2.40. The normalized spacial score (nSPS) is 14.4. The van der Waals surface area contributed by atoms with Crippen LogP contribution in [-0.4, -0.2) is 25.3 Å². The predicted molar refractivity (Wildman–Crippen MR) is 78.0 cm³/mol. The van der Waals surface area contributed by atoms with E-state index in [-0.39, 0.29) is 5.60 Å². The van der Waals surface area contributed by atoms with Gasteiger partial charge in [0.1, 0.15) is 0 Å². The third-order valence-electron chi connectivity index (χ3n) is 3.36. The van der Waals surface area contributed by atoms with Gasteiger partial charge in [-0.2, -0.15) is 0 Å². The van der Waals surface area contributed by atoms with Crippen LogP contribution in [0.2, 0.25) is 0 Å². The van der Waals surface area contributed by atoms with E-state index in [0.29, 0.717) is 0 Å². The Bertz CT molecular complexity index is 312. The minimum atomic E-state index is -0.0377. The highest BCUT2D eigenvalue weighted by atomic mass is 16.5. The van der Waals surface area contributed by atoms with Gasteiger partial charge in [0, 0.05) is 6.54 Å². The summed E-state index contributed by atoms with van der Waals surface area (Å²) in [6, 6.07) is 10.5. The van der Waals surface area contributed by atoms with Gasteiger partial charge in [0.25, 0.3) is 0 Å². The Morgan fingerprint density at radius 3 is 2.50 bits per heavy atom. The van der Waals surface area contributed by atoms with Crippen molar-refractivity contribution in [3.63, 3.8) is 0 Å². The lowest BCUT2D eigenvalue weighted by Crippen LogP contribution is -2.40. The van der Waals surface area contributed by atoms with Crippen molar-refractivity contribution in [2.24, 2.45) is 0 Å². The van der Waals surface area contributed by atoms with Crippen LogP contribution in [-0.2, 0) is 11.2 Å². The van der Waals surface area contributed by atoms with Crippen molar-refractivity contribution in [1.29, 1.82) is 0 Å². The van der Waals surface area contributed by atoms with Crippen molar-refractivity contribution in [1.82, 2.24) is 5.32 Å². The molecule has 0 saturated carbocycles. The smallest absolute Gasteiger partial charge is 0.0775 e. The van der Waals surface area contributed by atoms with Gasteiger partial charge in [0.15, 0.2) is 0 Å². The van der Waals surface area contributed by atoms with E-state index in [4.69, 9.17) is 4.74 Å². The summed E-state index contributed by atoms with van der Waals surface area (Å²) < 4.78 is 6.07. The first-order valence-corrected chi connectivity index (χ1v) is 7.09. The number of nitrogens with one attached hydrogen (secondary N) is 1. The Labute approximate surface area is 112 Å². The number of ether oxygens (including phenoxy) is 1. The van der Waals surface area contributed by atoms with E-state index in [1.54, 1.807) is 0 Å². The van der Waals surface area contributed by atoms with E-state index in [9.17, 15) is 0 Å². The van der Waals surface area contributed by atoms with Crippen LogP contribution >= 0.6 is 0 Å². The molecule has 0 fully saturated rings. The van der Waals surface area contributed by atoms with Crippen LogP contribution in [0.3, 0.4) is 0 Å². The molecule has 1 unspecified atom stereocenters. The third-order valence-corrected chi connectivity index (χ3v) is 3.36.